The number of carbonyl (C=O) groups excluding carboxylic acids is 2. The van der Waals surface area contributed by atoms with Crippen LogP contribution in [0.15, 0.2) is 90.1 Å². The van der Waals surface area contributed by atoms with Crippen LogP contribution in [0, 0.1) is 0 Å². The third-order valence-electron chi connectivity index (χ3n) is 5.87. The van der Waals surface area contributed by atoms with Crippen molar-refractivity contribution in [1.82, 2.24) is 0 Å². The maximum atomic E-state index is 13.7. The van der Waals surface area contributed by atoms with Crippen molar-refractivity contribution in [1.29, 1.82) is 0 Å². The summed E-state index contributed by atoms with van der Waals surface area (Å²) in [7, 11) is 0. The summed E-state index contributed by atoms with van der Waals surface area (Å²) in [4.78, 5) is 28.7. The van der Waals surface area contributed by atoms with Crippen molar-refractivity contribution in [3.8, 4) is 0 Å². The Balaban J connectivity index is 1.70. The van der Waals surface area contributed by atoms with Gasteiger partial charge in [-0.15, -0.1) is 0 Å². The summed E-state index contributed by atoms with van der Waals surface area (Å²) in [6.07, 6.45) is 2.01. The number of urea groups is 1. The highest BCUT2D eigenvalue weighted by atomic mass is 35.5. The van der Waals surface area contributed by atoms with Gasteiger partial charge in [0.15, 0.2) is 5.78 Å². The summed E-state index contributed by atoms with van der Waals surface area (Å²) < 4.78 is 0. The Hall–Kier alpha value is -3.57. The standard InChI is InChI=1S/C26H22ClN3O2/c27-18-15-13-17(14-16-18)25-24-21(10-6-12-23(24)31)29-20-9-4-5-11-22(20)30(25)26(32)28-19-7-2-1-3-8-19/h1-5,7-9,11,13-16,25,29H,6,10,12H2,(H,28,32)/t25-/m1/s1. The van der Waals surface area contributed by atoms with Gasteiger partial charge in [0.05, 0.1) is 17.4 Å². The molecular formula is C26H22ClN3O2. The summed E-state index contributed by atoms with van der Waals surface area (Å²) in [5.41, 5.74) is 4.55. The molecule has 1 atom stereocenters. The van der Waals surface area contributed by atoms with Gasteiger partial charge in [0, 0.05) is 28.4 Å². The summed E-state index contributed by atoms with van der Waals surface area (Å²) in [5, 5.41) is 7.07. The molecule has 5 rings (SSSR count). The largest absolute Gasteiger partial charge is 0.357 e. The second kappa shape index (κ2) is 8.52. The number of benzene rings is 3. The van der Waals surface area contributed by atoms with Crippen molar-refractivity contribution < 1.29 is 9.59 Å². The number of fused-ring (bicyclic) bond motifs is 1. The van der Waals surface area contributed by atoms with Crippen LogP contribution in [0.4, 0.5) is 21.9 Å². The van der Waals surface area contributed by atoms with Gasteiger partial charge < -0.3 is 10.6 Å². The van der Waals surface area contributed by atoms with Gasteiger partial charge in [0.25, 0.3) is 0 Å². The highest BCUT2D eigenvalue weighted by molar-refractivity contribution is 6.30. The molecule has 0 unspecified atom stereocenters. The Labute approximate surface area is 191 Å². The van der Waals surface area contributed by atoms with Crippen LogP contribution in [0.1, 0.15) is 30.9 Å². The molecule has 160 valence electrons. The van der Waals surface area contributed by atoms with Gasteiger partial charge in [-0.05, 0) is 54.8 Å². The lowest BCUT2D eigenvalue weighted by Crippen LogP contribution is -2.40. The van der Waals surface area contributed by atoms with Crippen molar-refractivity contribution in [3.05, 3.63) is 101 Å². The molecule has 0 saturated heterocycles. The second-order valence-corrected chi connectivity index (χ2v) is 8.37. The molecule has 5 nitrogen and oxygen atoms in total. The fraction of sp³-hybridized carbons (Fsp3) is 0.154. The lowest BCUT2D eigenvalue weighted by atomic mass is 9.86. The number of amides is 2. The molecule has 2 aliphatic rings. The normalized spacial score (nSPS) is 17.7. The van der Waals surface area contributed by atoms with E-state index in [9.17, 15) is 9.59 Å². The number of hydrogen-bond donors (Lipinski definition) is 2. The van der Waals surface area contributed by atoms with E-state index >= 15 is 0 Å². The molecule has 3 aromatic rings. The minimum Gasteiger partial charge on any atom is -0.357 e. The van der Waals surface area contributed by atoms with Crippen LogP contribution < -0.4 is 15.5 Å². The molecule has 0 fully saturated rings. The number of anilines is 3. The summed E-state index contributed by atoms with van der Waals surface area (Å²) in [6, 6.07) is 23.5. The highest BCUT2D eigenvalue weighted by Gasteiger charge is 2.39. The van der Waals surface area contributed by atoms with Gasteiger partial charge in [-0.3, -0.25) is 9.69 Å². The summed E-state index contributed by atoms with van der Waals surface area (Å²) in [6.45, 7) is 0. The molecule has 1 aliphatic heterocycles. The first kappa shape index (κ1) is 20.3. The number of Topliss-reactive ketones (excluding diaryl/α,β-unsaturated/α-hetero) is 1. The Kier molecular flexibility index (Phi) is 5.41. The molecular weight excluding hydrogens is 422 g/mol. The number of allylic oxidation sites excluding steroid dienone is 1. The number of ketones is 1. The average molecular weight is 444 g/mol. The van der Waals surface area contributed by atoms with Crippen LogP contribution in [-0.4, -0.2) is 11.8 Å². The molecule has 2 amide bonds. The Morgan fingerprint density at radius 1 is 0.938 bits per heavy atom. The smallest absolute Gasteiger partial charge is 0.327 e. The van der Waals surface area contributed by atoms with E-state index in [1.165, 1.54) is 0 Å². The monoisotopic (exact) mass is 443 g/mol. The first-order valence-corrected chi connectivity index (χ1v) is 11.0. The van der Waals surface area contributed by atoms with Crippen molar-refractivity contribution in [2.75, 3.05) is 15.5 Å². The number of para-hydroxylation sites is 3. The lowest BCUT2D eigenvalue weighted by molar-refractivity contribution is -0.116. The highest BCUT2D eigenvalue weighted by Crippen LogP contribution is 2.45. The molecule has 0 aromatic heterocycles. The zero-order valence-corrected chi connectivity index (χ0v) is 18.1. The van der Waals surface area contributed by atoms with Gasteiger partial charge in [0.2, 0.25) is 0 Å². The Morgan fingerprint density at radius 3 is 2.44 bits per heavy atom. The number of carbonyl (C=O) groups is 2. The SMILES string of the molecule is O=C1CCCC2=C1[C@@H](c1ccc(Cl)cc1)N(C(=O)Nc1ccccc1)c1ccccc1N2. The molecule has 1 aliphatic carbocycles. The van der Waals surface area contributed by atoms with E-state index in [0.717, 1.165) is 29.8 Å². The molecule has 1 heterocycles. The first-order chi connectivity index (χ1) is 15.6. The molecule has 0 radical (unpaired) electrons. The first-order valence-electron chi connectivity index (χ1n) is 10.6. The number of hydrogen-bond acceptors (Lipinski definition) is 3. The zero-order chi connectivity index (χ0) is 22.1. The van der Waals surface area contributed by atoms with Gasteiger partial charge in [-0.2, -0.15) is 0 Å². The van der Waals surface area contributed by atoms with Gasteiger partial charge in [-0.1, -0.05) is 54.1 Å². The number of rotatable bonds is 2. The lowest BCUT2D eigenvalue weighted by Gasteiger charge is -2.34. The molecule has 32 heavy (non-hydrogen) atoms. The Bertz CT molecular complexity index is 1210. The van der Waals surface area contributed by atoms with Crippen molar-refractivity contribution in [3.63, 3.8) is 0 Å². The van der Waals surface area contributed by atoms with E-state index in [2.05, 4.69) is 10.6 Å². The summed E-state index contributed by atoms with van der Waals surface area (Å²) in [5.74, 6) is 0.0593. The van der Waals surface area contributed by atoms with Gasteiger partial charge >= 0.3 is 6.03 Å². The quantitative estimate of drug-likeness (QED) is 0.472. The Morgan fingerprint density at radius 2 is 1.66 bits per heavy atom. The second-order valence-electron chi connectivity index (χ2n) is 7.93. The number of halogens is 1. The fourth-order valence-electron chi connectivity index (χ4n) is 4.42. The molecule has 2 N–H and O–H groups in total. The van der Waals surface area contributed by atoms with Crippen LogP contribution in [0.25, 0.3) is 0 Å². The van der Waals surface area contributed by atoms with Crippen LogP contribution in [0.5, 0.6) is 0 Å². The number of nitrogens with one attached hydrogen (secondary N) is 2. The van der Waals surface area contributed by atoms with E-state index in [-0.39, 0.29) is 11.8 Å². The van der Waals surface area contributed by atoms with Gasteiger partial charge in [0.1, 0.15) is 0 Å². The predicted molar refractivity (Wildman–Crippen MR) is 128 cm³/mol. The minimum atomic E-state index is -0.574. The van der Waals surface area contributed by atoms with Gasteiger partial charge in [-0.25, -0.2) is 4.79 Å². The third kappa shape index (κ3) is 3.76. The average Bonchev–Trinajstić information content (AvgIpc) is 2.95. The zero-order valence-electron chi connectivity index (χ0n) is 17.3. The van der Waals surface area contributed by atoms with Crippen molar-refractivity contribution in [2.24, 2.45) is 0 Å². The van der Waals surface area contributed by atoms with E-state index in [0.29, 0.717) is 28.4 Å². The molecule has 0 saturated carbocycles. The van der Waals surface area contributed by atoms with Crippen LogP contribution in [0.3, 0.4) is 0 Å². The predicted octanol–water partition coefficient (Wildman–Crippen LogP) is 6.55. The molecule has 3 aromatic carbocycles. The van der Waals surface area contributed by atoms with Crippen LogP contribution in [-0.2, 0) is 4.79 Å². The van der Waals surface area contributed by atoms with E-state index in [1.807, 2.05) is 66.7 Å². The number of nitrogens with zero attached hydrogens (tertiary/aromatic N) is 1. The molecule has 6 heteroatoms. The third-order valence-corrected chi connectivity index (χ3v) is 6.12. The minimum absolute atomic E-state index is 0.0593. The van der Waals surface area contributed by atoms with Crippen LogP contribution >= 0.6 is 11.6 Å². The van der Waals surface area contributed by atoms with Crippen molar-refractivity contribution >= 4 is 40.5 Å². The molecule has 0 bridgehead atoms. The molecule has 0 spiro atoms. The van der Waals surface area contributed by atoms with E-state index in [1.54, 1.807) is 17.0 Å². The maximum absolute atomic E-state index is 13.7. The van der Waals surface area contributed by atoms with Crippen LogP contribution in [0.2, 0.25) is 5.02 Å². The summed E-state index contributed by atoms with van der Waals surface area (Å²) >= 11 is 6.15. The van der Waals surface area contributed by atoms with Crippen molar-refractivity contribution in [2.45, 2.75) is 25.3 Å². The van der Waals surface area contributed by atoms with E-state index < -0.39 is 6.04 Å². The maximum Gasteiger partial charge on any atom is 0.327 e. The topological polar surface area (TPSA) is 61.4 Å². The fourth-order valence-corrected chi connectivity index (χ4v) is 4.55. The van der Waals surface area contributed by atoms with E-state index in [4.69, 9.17) is 11.6 Å².